The van der Waals surface area contributed by atoms with Crippen molar-refractivity contribution in [3.8, 4) is 17.1 Å². The maximum Gasteiger partial charge on any atom is 0.196 e. The number of hydrogen-bond acceptors (Lipinski definition) is 4. The smallest absolute Gasteiger partial charge is 0.196 e. The highest BCUT2D eigenvalue weighted by atomic mass is 32.2. The average molecular weight is 323 g/mol. The number of rotatable bonds is 6. The van der Waals surface area contributed by atoms with Crippen molar-refractivity contribution in [3.63, 3.8) is 0 Å². The summed E-state index contributed by atoms with van der Waals surface area (Å²) in [5.41, 5.74) is 2.03. The molecule has 0 atom stereocenters. The van der Waals surface area contributed by atoms with Crippen molar-refractivity contribution in [1.29, 1.82) is 0 Å². The van der Waals surface area contributed by atoms with Gasteiger partial charge in [-0.3, -0.25) is 9.36 Å². The summed E-state index contributed by atoms with van der Waals surface area (Å²) in [6, 6.07) is 20.0. The Kier molecular flexibility index (Phi) is 4.88. The van der Waals surface area contributed by atoms with E-state index in [2.05, 4.69) is 10.2 Å². The van der Waals surface area contributed by atoms with Crippen LogP contribution in [0.15, 0.2) is 65.8 Å². The second kappa shape index (κ2) is 7.24. The van der Waals surface area contributed by atoms with Crippen LogP contribution >= 0.6 is 11.8 Å². The van der Waals surface area contributed by atoms with Gasteiger partial charge in [0.15, 0.2) is 11.0 Å². The molecule has 0 saturated carbocycles. The van der Waals surface area contributed by atoms with Gasteiger partial charge in [-0.1, -0.05) is 60.3 Å². The van der Waals surface area contributed by atoms with Gasteiger partial charge in [0, 0.05) is 23.4 Å². The number of para-hydroxylation sites is 1. The van der Waals surface area contributed by atoms with E-state index in [1.165, 1.54) is 0 Å². The van der Waals surface area contributed by atoms with Crippen LogP contribution in [0.2, 0.25) is 0 Å². The highest BCUT2D eigenvalue weighted by Crippen LogP contribution is 2.28. The molecule has 0 amide bonds. The molecule has 4 nitrogen and oxygen atoms in total. The molecule has 116 valence electrons. The number of ketones is 1. The van der Waals surface area contributed by atoms with Gasteiger partial charge in [-0.15, -0.1) is 10.2 Å². The van der Waals surface area contributed by atoms with E-state index in [1.54, 1.807) is 18.7 Å². The quantitative estimate of drug-likeness (QED) is 0.643. The summed E-state index contributed by atoms with van der Waals surface area (Å²) < 4.78 is 2.04. The monoisotopic (exact) mass is 323 g/mol. The lowest BCUT2D eigenvalue weighted by molar-refractivity contribution is -0.116. The summed E-state index contributed by atoms with van der Waals surface area (Å²) in [6.45, 7) is 1.61. The van der Waals surface area contributed by atoms with Crippen LogP contribution in [0.4, 0.5) is 0 Å². The Labute approximate surface area is 139 Å². The number of nitrogens with zero attached hydrogens (tertiary/aromatic N) is 3. The van der Waals surface area contributed by atoms with Crippen LogP contribution in [-0.4, -0.2) is 26.3 Å². The summed E-state index contributed by atoms with van der Waals surface area (Å²) in [5, 5.41) is 9.50. The Bertz CT molecular complexity index is 785. The van der Waals surface area contributed by atoms with Gasteiger partial charge >= 0.3 is 0 Å². The molecule has 0 aliphatic heterocycles. The van der Waals surface area contributed by atoms with Gasteiger partial charge in [0.1, 0.15) is 5.78 Å². The number of Topliss-reactive ketones (excluding diaryl/α,β-unsaturated/α-hetero) is 1. The lowest BCUT2D eigenvalue weighted by Gasteiger charge is -2.10. The average Bonchev–Trinajstić information content (AvgIpc) is 3.00. The van der Waals surface area contributed by atoms with E-state index in [1.807, 2.05) is 65.2 Å². The zero-order valence-electron chi connectivity index (χ0n) is 12.8. The molecule has 23 heavy (non-hydrogen) atoms. The van der Waals surface area contributed by atoms with Crippen LogP contribution in [0.3, 0.4) is 0 Å². The first kappa shape index (κ1) is 15.5. The lowest BCUT2D eigenvalue weighted by atomic mass is 10.2. The number of thioether (sulfide) groups is 1. The van der Waals surface area contributed by atoms with Gasteiger partial charge in [-0.25, -0.2) is 0 Å². The van der Waals surface area contributed by atoms with E-state index in [0.29, 0.717) is 12.2 Å². The molecule has 0 aliphatic rings. The molecule has 0 aliphatic carbocycles. The van der Waals surface area contributed by atoms with Gasteiger partial charge in [0.05, 0.1) is 0 Å². The van der Waals surface area contributed by atoms with Crippen LogP contribution < -0.4 is 0 Å². The molecular weight excluding hydrogens is 306 g/mol. The second-order valence-corrected chi connectivity index (χ2v) is 6.21. The van der Waals surface area contributed by atoms with Gasteiger partial charge < -0.3 is 0 Å². The number of carbonyl (C=O) groups is 1. The van der Waals surface area contributed by atoms with E-state index < -0.39 is 0 Å². The third-order valence-electron chi connectivity index (χ3n) is 3.37. The molecule has 0 fully saturated rings. The molecule has 3 rings (SSSR count). The maximum absolute atomic E-state index is 11.2. The Morgan fingerprint density at radius 3 is 2.30 bits per heavy atom. The SMILES string of the molecule is CC(=O)CCSc1nnc(-c2ccccc2)n1-c1ccccc1. The van der Waals surface area contributed by atoms with Crippen molar-refractivity contribution in [1.82, 2.24) is 14.8 Å². The van der Waals surface area contributed by atoms with E-state index in [0.717, 1.165) is 22.2 Å². The van der Waals surface area contributed by atoms with Crippen molar-refractivity contribution in [2.75, 3.05) is 5.75 Å². The fourth-order valence-electron chi connectivity index (χ4n) is 2.23. The summed E-state index contributed by atoms with van der Waals surface area (Å²) in [5.74, 6) is 1.70. The van der Waals surface area contributed by atoms with Crippen molar-refractivity contribution in [3.05, 3.63) is 60.7 Å². The van der Waals surface area contributed by atoms with E-state index in [-0.39, 0.29) is 5.78 Å². The molecule has 5 heteroatoms. The van der Waals surface area contributed by atoms with Crippen molar-refractivity contribution < 1.29 is 4.79 Å². The molecule has 0 bridgehead atoms. The first-order valence-corrected chi connectivity index (χ1v) is 8.43. The Morgan fingerprint density at radius 1 is 1.00 bits per heavy atom. The van der Waals surface area contributed by atoms with Gasteiger partial charge in [0.2, 0.25) is 0 Å². The number of hydrogen-bond donors (Lipinski definition) is 0. The predicted molar refractivity (Wildman–Crippen MR) is 92.8 cm³/mol. The largest absolute Gasteiger partial charge is 0.300 e. The van der Waals surface area contributed by atoms with Gasteiger partial charge in [-0.2, -0.15) is 0 Å². The summed E-state index contributed by atoms with van der Waals surface area (Å²) in [4.78, 5) is 11.2. The van der Waals surface area contributed by atoms with Crippen LogP contribution in [0.5, 0.6) is 0 Å². The number of carbonyl (C=O) groups excluding carboxylic acids is 1. The van der Waals surface area contributed by atoms with Crippen LogP contribution in [0.1, 0.15) is 13.3 Å². The zero-order chi connectivity index (χ0) is 16.1. The Morgan fingerprint density at radius 2 is 1.65 bits per heavy atom. The van der Waals surface area contributed by atoms with Crippen LogP contribution in [0.25, 0.3) is 17.1 Å². The normalized spacial score (nSPS) is 10.7. The fourth-order valence-corrected chi connectivity index (χ4v) is 3.23. The molecule has 0 saturated heterocycles. The molecule has 0 spiro atoms. The number of benzene rings is 2. The standard InChI is InChI=1S/C18H17N3OS/c1-14(22)12-13-23-18-20-19-17(15-8-4-2-5-9-15)21(18)16-10-6-3-7-11-16/h2-11H,12-13H2,1H3. The third-order valence-corrected chi connectivity index (χ3v) is 4.30. The van der Waals surface area contributed by atoms with Crippen molar-refractivity contribution in [2.24, 2.45) is 0 Å². The second-order valence-electron chi connectivity index (χ2n) is 5.14. The van der Waals surface area contributed by atoms with Crippen LogP contribution in [-0.2, 0) is 4.79 Å². The first-order valence-electron chi connectivity index (χ1n) is 7.44. The molecule has 3 aromatic rings. The highest BCUT2D eigenvalue weighted by Gasteiger charge is 2.15. The maximum atomic E-state index is 11.2. The van der Waals surface area contributed by atoms with E-state index >= 15 is 0 Å². The summed E-state index contributed by atoms with van der Waals surface area (Å²) >= 11 is 1.55. The zero-order valence-corrected chi connectivity index (χ0v) is 13.7. The Hall–Kier alpha value is -2.40. The van der Waals surface area contributed by atoms with Gasteiger partial charge in [0.25, 0.3) is 0 Å². The molecule has 2 aromatic carbocycles. The molecule has 0 unspecified atom stereocenters. The van der Waals surface area contributed by atoms with Crippen molar-refractivity contribution >= 4 is 17.5 Å². The predicted octanol–water partition coefficient (Wildman–Crippen LogP) is 4.01. The molecule has 1 heterocycles. The molecular formula is C18H17N3OS. The first-order chi connectivity index (χ1) is 11.3. The van der Waals surface area contributed by atoms with Gasteiger partial charge in [-0.05, 0) is 19.1 Å². The highest BCUT2D eigenvalue weighted by molar-refractivity contribution is 7.99. The number of aromatic nitrogens is 3. The minimum Gasteiger partial charge on any atom is -0.300 e. The molecule has 0 N–H and O–H groups in total. The van der Waals surface area contributed by atoms with E-state index in [9.17, 15) is 4.79 Å². The summed E-state index contributed by atoms with van der Waals surface area (Å²) in [7, 11) is 0. The minimum absolute atomic E-state index is 0.187. The van der Waals surface area contributed by atoms with Crippen molar-refractivity contribution in [2.45, 2.75) is 18.5 Å². The minimum atomic E-state index is 0.187. The third kappa shape index (κ3) is 3.68. The molecule has 0 radical (unpaired) electrons. The molecule has 1 aromatic heterocycles. The fraction of sp³-hybridized carbons (Fsp3) is 0.167. The summed E-state index contributed by atoms with van der Waals surface area (Å²) in [6.07, 6.45) is 0.535. The Balaban J connectivity index is 2.00. The lowest BCUT2D eigenvalue weighted by Crippen LogP contribution is -2.00. The van der Waals surface area contributed by atoms with E-state index in [4.69, 9.17) is 0 Å². The topological polar surface area (TPSA) is 47.8 Å². The van der Waals surface area contributed by atoms with Crippen LogP contribution in [0, 0.1) is 0 Å².